The third-order valence-corrected chi connectivity index (χ3v) is 17.6. The van der Waals surface area contributed by atoms with Gasteiger partial charge in [-0.25, -0.2) is 0 Å². The number of ketones is 1. The van der Waals surface area contributed by atoms with E-state index in [-0.39, 0.29) is 69.7 Å². The van der Waals surface area contributed by atoms with E-state index in [1.54, 1.807) is 13.8 Å². The normalized spacial score (nSPS) is 28.0. The van der Waals surface area contributed by atoms with Crippen LogP contribution in [0.15, 0.2) is 35.4 Å². The lowest BCUT2D eigenvalue weighted by atomic mass is 9.44. The van der Waals surface area contributed by atoms with Crippen molar-refractivity contribution in [1.82, 2.24) is 5.32 Å². The highest BCUT2D eigenvalue weighted by atomic mass is 16.5. The van der Waals surface area contributed by atoms with Crippen LogP contribution in [0, 0.1) is 69.0 Å². The summed E-state index contributed by atoms with van der Waals surface area (Å²) >= 11 is 0. The minimum Gasteiger partial charge on any atom is -0.481 e. The number of aliphatic carboxylic acids is 1. The van der Waals surface area contributed by atoms with Gasteiger partial charge in [-0.05, 0) is 147 Å². The van der Waals surface area contributed by atoms with Crippen molar-refractivity contribution in [2.24, 2.45) is 62.1 Å². The molecule has 70 heavy (non-hydrogen) atoms. The van der Waals surface area contributed by atoms with Gasteiger partial charge < -0.3 is 15.2 Å². The Morgan fingerprint density at radius 1 is 0.786 bits per heavy atom. The number of benzene rings is 1. The number of carboxylic acid groups (broad SMARTS) is 1. The molecule has 0 bridgehead atoms. The zero-order chi connectivity index (χ0) is 54.8. The standard InChI is InChI=1S/C46H77NO6.C9H12.4C2H6/c1-15-35(53-37(50)27-43(11,12)41(6,7)8)46-22-16-21-44(13)23-19-31-30(5)32(47-36(49)26-42(9,10)40(51)52)20-24-45(31,14)34(44)18-17-29(4)39(46)38(28(2)3)33(48)25-46;1-3-9-6-4-8(2)5-7-9;4*1-2/h28-32,34-35H,15-27H2,1-14H3,(H,47,49)(H,51,52);4-7H,3H2,1-2H3;4*1-2H3. The number of hydrogen-bond acceptors (Lipinski definition) is 5. The van der Waals surface area contributed by atoms with Gasteiger partial charge in [0.2, 0.25) is 5.91 Å². The van der Waals surface area contributed by atoms with E-state index in [0.717, 1.165) is 69.8 Å². The molecule has 406 valence electrons. The van der Waals surface area contributed by atoms with Crippen molar-refractivity contribution in [3.63, 3.8) is 0 Å². The van der Waals surface area contributed by atoms with Crippen LogP contribution in [-0.4, -0.2) is 40.9 Å². The van der Waals surface area contributed by atoms with Crippen molar-refractivity contribution in [2.45, 2.75) is 268 Å². The Morgan fingerprint density at radius 3 is 1.83 bits per heavy atom. The minimum absolute atomic E-state index is 0.0166. The summed E-state index contributed by atoms with van der Waals surface area (Å²) in [7, 11) is 0. The molecule has 9 atom stereocenters. The second kappa shape index (κ2) is 29.1. The van der Waals surface area contributed by atoms with Crippen molar-refractivity contribution in [2.75, 3.05) is 0 Å². The Balaban J connectivity index is 0.00000242. The molecule has 4 aliphatic rings. The highest BCUT2D eigenvalue weighted by molar-refractivity contribution is 6.00. The van der Waals surface area contributed by atoms with E-state index in [4.69, 9.17) is 4.74 Å². The van der Waals surface area contributed by atoms with Gasteiger partial charge in [0, 0.05) is 24.3 Å². The predicted octanol–water partition coefficient (Wildman–Crippen LogP) is 17.4. The molecular formula is C63H113NO6. The first-order valence-corrected chi connectivity index (χ1v) is 28.6. The number of fused-ring (bicyclic) bond motifs is 4. The van der Waals surface area contributed by atoms with Gasteiger partial charge in [-0.15, -0.1) is 0 Å². The number of allylic oxidation sites excluding steroid dienone is 1. The Morgan fingerprint density at radius 2 is 1.34 bits per heavy atom. The Kier molecular flexibility index (Phi) is 27.8. The zero-order valence-corrected chi connectivity index (χ0v) is 50.2. The van der Waals surface area contributed by atoms with E-state index in [1.165, 1.54) is 16.7 Å². The number of aryl methyl sites for hydroxylation is 2. The summed E-state index contributed by atoms with van der Waals surface area (Å²) in [4.78, 5) is 52.8. The van der Waals surface area contributed by atoms with E-state index >= 15 is 0 Å². The van der Waals surface area contributed by atoms with Crippen LogP contribution >= 0.6 is 0 Å². The molecule has 1 aromatic rings. The maximum Gasteiger partial charge on any atom is 0.309 e. The third kappa shape index (κ3) is 16.3. The number of rotatable bonds is 11. The molecule has 0 aliphatic heterocycles. The maximum absolute atomic E-state index is 14.1. The van der Waals surface area contributed by atoms with Crippen molar-refractivity contribution < 1.29 is 29.0 Å². The first-order chi connectivity index (χ1) is 32.6. The summed E-state index contributed by atoms with van der Waals surface area (Å²) < 4.78 is 6.59. The van der Waals surface area contributed by atoms with Gasteiger partial charge in [0.1, 0.15) is 6.10 Å². The van der Waals surface area contributed by atoms with E-state index in [9.17, 15) is 24.3 Å². The van der Waals surface area contributed by atoms with Crippen LogP contribution in [0.4, 0.5) is 0 Å². The van der Waals surface area contributed by atoms with E-state index in [1.807, 2.05) is 55.4 Å². The van der Waals surface area contributed by atoms with Crippen LogP contribution < -0.4 is 5.32 Å². The van der Waals surface area contributed by atoms with Gasteiger partial charge in [0.05, 0.1) is 11.8 Å². The number of amides is 1. The van der Waals surface area contributed by atoms with Gasteiger partial charge in [-0.1, -0.05) is 187 Å². The monoisotopic (exact) mass is 980 g/mol. The fraction of sp³-hybridized carbons (Fsp3) is 0.810. The van der Waals surface area contributed by atoms with E-state index in [0.29, 0.717) is 37.0 Å². The molecule has 2 N–H and O–H groups in total. The molecule has 3 saturated carbocycles. The van der Waals surface area contributed by atoms with Crippen molar-refractivity contribution in [3.8, 4) is 0 Å². The van der Waals surface area contributed by atoms with Crippen LogP contribution in [-0.2, 0) is 30.3 Å². The number of Topliss-reactive ketones (excluding diaryl/α,β-unsaturated/α-hetero) is 1. The molecule has 1 amide bonds. The summed E-state index contributed by atoms with van der Waals surface area (Å²) in [5.74, 6) is 0.618. The first kappa shape index (κ1) is 67.0. The summed E-state index contributed by atoms with van der Waals surface area (Å²) in [6.45, 7) is 50.5. The van der Waals surface area contributed by atoms with Crippen molar-refractivity contribution in [1.29, 1.82) is 0 Å². The molecule has 0 spiro atoms. The number of ether oxygens (including phenoxy) is 1. The molecule has 9 unspecified atom stereocenters. The van der Waals surface area contributed by atoms with E-state index < -0.39 is 16.8 Å². The lowest BCUT2D eigenvalue weighted by molar-refractivity contribution is -0.161. The molecule has 3 fully saturated rings. The van der Waals surface area contributed by atoms with Crippen LogP contribution in [0.1, 0.15) is 254 Å². The smallest absolute Gasteiger partial charge is 0.309 e. The largest absolute Gasteiger partial charge is 0.481 e. The Bertz CT molecular complexity index is 1780. The molecule has 0 aromatic heterocycles. The van der Waals surface area contributed by atoms with Crippen LogP contribution in [0.25, 0.3) is 0 Å². The molecule has 1 aromatic carbocycles. The number of esters is 1. The van der Waals surface area contributed by atoms with Gasteiger partial charge in [-0.2, -0.15) is 0 Å². The summed E-state index contributed by atoms with van der Waals surface area (Å²) in [5.41, 5.74) is 3.50. The van der Waals surface area contributed by atoms with Crippen LogP contribution in [0.2, 0.25) is 0 Å². The molecule has 7 nitrogen and oxygen atoms in total. The number of carbonyl (C=O) groups is 4. The van der Waals surface area contributed by atoms with Crippen molar-refractivity contribution >= 4 is 23.6 Å². The summed E-state index contributed by atoms with van der Waals surface area (Å²) in [6.07, 6.45) is 11.6. The number of carbonyl (C=O) groups excluding carboxylic acids is 3. The van der Waals surface area contributed by atoms with Crippen LogP contribution in [0.3, 0.4) is 0 Å². The quantitative estimate of drug-likeness (QED) is 0.214. The Hall–Kier alpha value is -2.96. The zero-order valence-electron chi connectivity index (χ0n) is 50.2. The lowest BCUT2D eigenvalue weighted by Crippen LogP contribution is -2.58. The molecule has 5 rings (SSSR count). The molecule has 7 heteroatoms. The van der Waals surface area contributed by atoms with Gasteiger partial charge in [-0.3, -0.25) is 19.2 Å². The number of nitrogens with one attached hydrogen (secondary N) is 1. The lowest BCUT2D eigenvalue weighted by Gasteiger charge is -2.62. The summed E-state index contributed by atoms with van der Waals surface area (Å²) in [6, 6.07) is 8.71. The van der Waals surface area contributed by atoms with E-state index in [2.05, 4.69) is 127 Å². The molecule has 0 heterocycles. The maximum atomic E-state index is 14.1. The Labute approximate surface area is 433 Å². The molecular weight excluding hydrogens is 867 g/mol. The van der Waals surface area contributed by atoms with Gasteiger partial charge in [0.15, 0.2) is 5.78 Å². The second-order valence-corrected chi connectivity index (χ2v) is 23.9. The number of hydrogen-bond donors (Lipinski definition) is 2. The average Bonchev–Trinajstić information content (AvgIpc) is 3.61. The topological polar surface area (TPSA) is 110 Å². The van der Waals surface area contributed by atoms with Gasteiger partial charge in [0.25, 0.3) is 0 Å². The van der Waals surface area contributed by atoms with Crippen LogP contribution in [0.5, 0.6) is 0 Å². The number of carboxylic acids is 1. The minimum atomic E-state index is -1.09. The second-order valence-electron chi connectivity index (χ2n) is 23.9. The SMILES string of the molecule is CC.CC.CC.CC.CCC(OC(=O)CC(C)(C)C(C)(C)C)C12CCCC3(C)CCC4C(C)C(NC(=O)CC(C)(C)C(=O)O)CCC4(C)C3CCC(C)C1=C(C(C)C)C(=O)C2.CCc1ccc(C)cc1. The fourth-order valence-electron chi connectivity index (χ4n) is 12.8. The predicted molar refractivity (Wildman–Crippen MR) is 299 cm³/mol. The molecule has 0 radical (unpaired) electrons. The van der Waals surface area contributed by atoms with Gasteiger partial charge >= 0.3 is 11.9 Å². The summed E-state index contributed by atoms with van der Waals surface area (Å²) in [5, 5.41) is 12.9. The molecule has 0 saturated heterocycles. The van der Waals surface area contributed by atoms with Crippen molar-refractivity contribution in [3.05, 3.63) is 46.5 Å². The average molecular weight is 981 g/mol. The fourth-order valence-corrected chi connectivity index (χ4v) is 12.8. The first-order valence-electron chi connectivity index (χ1n) is 28.6. The highest BCUT2D eigenvalue weighted by Crippen LogP contribution is 2.65. The third-order valence-electron chi connectivity index (χ3n) is 17.6. The highest BCUT2D eigenvalue weighted by Gasteiger charge is 2.59. The molecule has 4 aliphatic carbocycles.